The highest BCUT2D eigenvalue weighted by atomic mass is 32.2. The molecule has 1 fully saturated rings. The van der Waals surface area contributed by atoms with Crippen molar-refractivity contribution in [3.63, 3.8) is 0 Å². The fourth-order valence-electron chi connectivity index (χ4n) is 2.70. The van der Waals surface area contributed by atoms with Crippen molar-refractivity contribution in [2.24, 2.45) is 0 Å². The third-order valence-corrected chi connectivity index (χ3v) is 5.96. The van der Waals surface area contributed by atoms with Crippen molar-refractivity contribution >= 4 is 15.7 Å². The number of hydrogen-bond donors (Lipinski definition) is 0. The number of aryl methyl sites for hydroxylation is 2. The molecule has 1 atom stereocenters. The molecule has 1 heterocycles. The largest absolute Gasteiger partial charge is 0.292 e. The van der Waals surface area contributed by atoms with E-state index < -0.39 is 14.9 Å². The lowest BCUT2D eigenvalue weighted by atomic mass is 10.1. The first-order valence-electron chi connectivity index (χ1n) is 6.53. The molecule has 1 saturated heterocycles. The summed E-state index contributed by atoms with van der Waals surface area (Å²) >= 11 is 0. The molecule has 0 unspecified atom stereocenters. The molecule has 0 aliphatic carbocycles. The Kier molecular flexibility index (Phi) is 3.84. The molecule has 1 aliphatic heterocycles. The highest BCUT2D eigenvalue weighted by Gasteiger charge is 2.38. The number of nitro groups is 1. The summed E-state index contributed by atoms with van der Waals surface area (Å²) in [5.41, 5.74) is 0.483. The van der Waals surface area contributed by atoms with Crippen molar-refractivity contribution in [3.05, 3.63) is 33.4 Å². The first kappa shape index (κ1) is 14.9. The van der Waals surface area contributed by atoms with Crippen molar-refractivity contribution in [1.29, 1.82) is 0 Å². The lowest BCUT2D eigenvalue weighted by Crippen LogP contribution is -2.34. The Balaban J connectivity index is 2.68. The van der Waals surface area contributed by atoms with Gasteiger partial charge in [-0.15, -0.1) is 0 Å². The zero-order chi connectivity index (χ0) is 15.1. The molecule has 0 spiro atoms. The van der Waals surface area contributed by atoms with Crippen LogP contribution in [-0.2, 0) is 10.0 Å². The third-order valence-electron chi connectivity index (χ3n) is 3.77. The van der Waals surface area contributed by atoms with Gasteiger partial charge in [0.1, 0.15) is 0 Å². The summed E-state index contributed by atoms with van der Waals surface area (Å²) in [5.74, 6) is 0. The van der Waals surface area contributed by atoms with Crippen LogP contribution < -0.4 is 0 Å². The molecule has 1 aliphatic rings. The lowest BCUT2D eigenvalue weighted by molar-refractivity contribution is -0.388. The maximum Gasteiger partial charge on any atom is 0.292 e. The van der Waals surface area contributed by atoms with Gasteiger partial charge in [0.05, 0.1) is 4.92 Å². The standard InChI is InChI=1S/C13H18N2O4S/c1-9-6-7-10(2)13(12(9)15(16)17)20(18,19)14-8-4-5-11(14)3/h6-7,11H,4-5,8H2,1-3H3/t11-/m0/s1. The highest BCUT2D eigenvalue weighted by Crippen LogP contribution is 2.35. The second kappa shape index (κ2) is 5.14. The van der Waals surface area contributed by atoms with Gasteiger partial charge in [-0.25, -0.2) is 8.42 Å². The van der Waals surface area contributed by atoms with Crippen molar-refractivity contribution in [2.75, 3.05) is 6.54 Å². The number of hydrogen-bond acceptors (Lipinski definition) is 4. The van der Waals surface area contributed by atoms with Crippen LogP contribution in [0, 0.1) is 24.0 Å². The summed E-state index contributed by atoms with van der Waals surface area (Å²) in [6.07, 6.45) is 1.58. The van der Waals surface area contributed by atoms with Gasteiger partial charge < -0.3 is 0 Å². The van der Waals surface area contributed by atoms with Crippen LogP contribution >= 0.6 is 0 Å². The first-order chi connectivity index (χ1) is 9.26. The van der Waals surface area contributed by atoms with E-state index in [0.29, 0.717) is 17.7 Å². The molecule has 0 bridgehead atoms. The summed E-state index contributed by atoms with van der Waals surface area (Å²) in [6.45, 7) is 5.42. The van der Waals surface area contributed by atoms with Gasteiger partial charge in [0, 0.05) is 18.2 Å². The maximum atomic E-state index is 12.8. The van der Waals surface area contributed by atoms with Crippen molar-refractivity contribution in [1.82, 2.24) is 4.31 Å². The molecule has 110 valence electrons. The quantitative estimate of drug-likeness (QED) is 0.634. The SMILES string of the molecule is Cc1ccc(C)c(S(=O)(=O)N2CCC[C@@H]2C)c1[N+](=O)[O-]. The molecule has 20 heavy (non-hydrogen) atoms. The van der Waals surface area contributed by atoms with E-state index in [-0.39, 0.29) is 16.6 Å². The summed E-state index contributed by atoms with van der Waals surface area (Å²) in [5, 5.41) is 11.3. The van der Waals surface area contributed by atoms with E-state index in [1.807, 2.05) is 6.92 Å². The smallest absolute Gasteiger partial charge is 0.258 e. The van der Waals surface area contributed by atoms with Crippen LogP contribution in [0.15, 0.2) is 17.0 Å². The Labute approximate surface area is 118 Å². The summed E-state index contributed by atoms with van der Waals surface area (Å²) in [4.78, 5) is 10.5. The molecule has 6 nitrogen and oxygen atoms in total. The van der Waals surface area contributed by atoms with E-state index in [4.69, 9.17) is 0 Å². The minimum absolute atomic E-state index is 0.112. The summed E-state index contributed by atoms with van der Waals surface area (Å²) < 4.78 is 26.9. The summed E-state index contributed by atoms with van der Waals surface area (Å²) in [6, 6.07) is 3.09. The van der Waals surface area contributed by atoms with Crippen LogP contribution in [0.1, 0.15) is 30.9 Å². The average molecular weight is 298 g/mol. The number of nitro benzene ring substituents is 1. The molecule has 2 rings (SSSR count). The fraction of sp³-hybridized carbons (Fsp3) is 0.538. The molecule has 0 aromatic heterocycles. The molecule has 1 aromatic rings. The third kappa shape index (κ3) is 2.31. The molecule has 0 radical (unpaired) electrons. The van der Waals surface area contributed by atoms with Crippen LogP contribution in [0.3, 0.4) is 0 Å². The van der Waals surface area contributed by atoms with E-state index >= 15 is 0 Å². The molecule has 0 N–H and O–H groups in total. The van der Waals surface area contributed by atoms with E-state index in [9.17, 15) is 18.5 Å². The van der Waals surface area contributed by atoms with Crippen molar-refractivity contribution in [3.8, 4) is 0 Å². The molecule has 0 saturated carbocycles. The van der Waals surface area contributed by atoms with Crippen molar-refractivity contribution < 1.29 is 13.3 Å². The van der Waals surface area contributed by atoms with Gasteiger partial charge in [0.15, 0.2) is 4.90 Å². The average Bonchev–Trinajstić information content (AvgIpc) is 2.78. The molecule has 1 aromatic carbocycles. The second-order valence-corrected chi connectivity index (χ2v) is 7.07. The molecule has 7 heteroatoms. The molecule has 0 amide bonds. The predicted molar refractivity (Wildman–Crippen MR) is 75.2 cm³/mol. The minimum Gasteiger partial charge on any atom is -0.258 e. The monoisotopic (exact) mass is 298 g/mol. The Morgan fingerprint density at radius 1 is 1.30 bits per heavy atom. The number of rotatable bonds is 3. The van der Waals surface area contributed by atoms with Gasteiger partial charge in [0.2, 0.25) is 10.0 Å². The second-order valence-electron chi connectivity index (χ2n) is 5.24. The normalized spacial score (nSPS) is 20.2. The highest BCUT2D eigenvalue weighted by molar-refractivity contribution is 7.89. The van der Waals surface area contributed by atoms with Gasteiger partial charge in [-0.1, -0.05) is 12.1 Å². The van der Waals surface area contributed by atoms with Gasteiger partial charge in [-0.2, -0.15) is 4.31 Å². The van der Waals surface area contributed by atoms with Crippen molar-refractivity contribution in [2.45, 2.75) is 44.6 Å². The van der Waals surface area contributed by atoms with Crippen LogP contribution in [0.2, 0.25) is 0 Å². The lowest BCUT2D eigenvalue weighted by Gasteiger charge is -2.22. The van der Waals surface area contributed by atoms with Crippen LogP contribution in [0.4, 0.5) is 5.69 Å². The predicted octanol–water partition coefficient (Wildman–Crippen LogP) is 2.38. The first-order valence-corrected chi connectivity index (χ1v) is 7.97. The number of nitrogens with zero attached hydrogens (tertiary/aromatic N) is 2. The molecular weight excluding hydrogens is 280 g/mol. The molecular formula is C13H18N2O4S. The summed E-state index contributed by atoms with van der Waals surface area (Å²) in [7, 11) is -3.83. The Bertz CT molecular complexity index is 655. The fourth-order valence-corrected chi connectivity index (χ4v) is 4.84. The van der Waals surface area contributed by atoms with E-state index in [2.05, 4.69) is 0 Å². The Hall–Kier alpha value is -1.47. The van der Waals surface area contributed by atoms with Gasteiger partial charge in [-0.05, 0) is 39.2 Å². The van der Waals surface area contributed by atoms with E-state index in [1.165, 1.54) is 4.31 Å². The minimum atomic E-state index is -3.83. The maximum absolute atomic E-state index is 12.8. The Morgan fingerprint density at radius 2 is 1.90 bits per heavy atom. The number of sulfonamides is 1. The van der Waals surface area contributed by atoms with Gasteiger partial charge in [0.25, 0.3) is 5.69 Å². The van der Waals surface area contributed by atoms with Gasteiger partial charge in [-0.3, -0.25) is 10.1 Å². The zero-order valence-electron chi connectivity index (χ0n) is 11.8. The number of benzene rings is 1. The van der Waals surface area contributed by atoms with Gasteiger partial charge >= 0.3 is 0 Å². The van der Waals surface area contributed by atoms with Crippen LogP contribution in [0.5, 0.6) is 0 Å². The van der Waals surface area contributed by atoms with E-state index in [0.717, 1.165) is 12.8 Å². The Morgan fingerprint density at radius 3 is 2.40 bits per heavy atom. The zero-order valence-corrected chi connectivity index (χ0v) is 12.6. The van der Waals surface area contributed by atoms with E-state index in [1.54, 1.807) is 26.0 Å². The topological polar surface area (TPSA) is 80.5 Å². The van der Waals surface area contributed by atoms with Crippen LogP contribution in [0.25, 0.3) is 0 Å². The van der Waals surface area contributed by atoms with Crippen LogP contribution in [-0.4, -0.2) is 30.2 Å².